The van der Waals surface area contributed by atoms with Crippen molar-refractivity contribution < 1.29 is 21.7 Å². The first kappa shape index (κ1) is 42.5. The van der Waals surface area contributed by atoms with E-state index < -0.39 is 0 Å². The van der Waals surface area contributed by atoms with Gasteiger partial charge >= 0.3 is 21.7 Å². The van der Waals surface area contributed by atoms with Crippen LogP contribution in [0, 0.1) is 41.5 Å². The molecule has 168 valence electrons. The van der Waals surface area contributed by atoms with E-state index in [1.54, 1.807) is 13.8 Å². The standard InChI is InChI=1S/C11H18N.C8H18N.2C2H5.2ClH.Ti/c1-7-8(2)10(4)11(9(7)3)12(5)6;1-3-5-7-9-8-6-4-2;2*1-2;;;/h1-6H3;3-8H2,1-2H3;2*1H2,2H3;2*1H;/q4*-1;;;+4. The second-order valence-electron chi connectivity index (χ2n) is 6.12. The predicted octanol–water partition coefficient (Wildman–Crippen LogP) is 8.19. The Morgan fingerprint density at radius 3 is 1.21 bits per heavy atom. The van der Waals surface area contributed by atoms with Gasteiger partial charge in [0.25, 0.3) is 0 Å². The van der Waals surface area contributed by atoms with Crippen molar-refractivity contribution in [3.63, 3.8) is 0 Å². The second-order valence-corrected chi connectivity index (χ2v) is 6.12. The third-order valence-electron chi connectivity index (χ3n) is 4.18. The van der Waals surface area contributed by atoms with Crippen molar-refractivity contribution >= 4 is 30.5 Å². The third-order valence-corrected chi connectivity index (χ3v) is 4.18. The largest absolute Gasteiger partial charge is 4.00 e. The predicted molar refractivity (Wildman–Crippen MR) is 135 cm³/mol. The van der Waals surface area contributed by atoms with Gasteiger partial charge in [0.15, 0.2) is 0 Å². The number of anilines is 1. The number of nitrogens with zero attached hydrogens (tertiary/aromatic N) is 2. The molecular formula is C23H48Cl2N2Ti. The molecule has 0 unspecified atom stereocenters. The molecule has 0 radical (unpaired) electrons. The molecule has 0 aliphatic heterocycles. The van der Waals surface area contributed by atoms with Crippen molar-refractivity contribution in [2.24, 2.45) is 0 Å². The van der Waals surface area contributed by atoms with Gasteiger partial charge in [0.1, 0.15) is 0 Å². The van der Waals surface area contributed by atoms with Crippen LogP contribution in [-0.4, -0.2) is 27.2 Å². The fourth-order valence-corrected chi connectivity index (χ4v) is 2.52. The summed E-state index contributed by atoms with van der Waals surface area (Å²) in [6.07, 6.45) is 5.08. The monoisotopic (exact) mass is 470 g/mol. The molecule has 0 saturated carbocycles. The maximum absolute atomic E-state index is 4.35. The maximum Gasteiger partial charge on any atom is 4.00 e. The zero-order valence-corrected chi connectivity index (χ0v) is 23.6. The average molecular weight is 471 g/mol. The van der Waals surface area contributed by atoms with Crippen molar-refractivity contribution in [1.82, 2.24) is 0 Å². The Hall–Kier alpha value is 0.404. The molecule has 0 saturated heterocycles. The van der Waals surface area contributed by atoms with Gasteiger partial charge in [-0.05, 0) is 14.1 Å². The van der Waals surface area contributed by atoms with Crippen LogP contribution in [0.15, 0.2) is 0 Å². The zero-order chi connectivity index (χ0) is 20.4. The van der Waals surface area contributed by atoms with Crippen LogP contribution in [-0.2, 0) is 21.7 Å². The topological polar surface area (TPSA) is 17.3 Å². The molecule has 0 spiro atoms. The fraction of sp³-hybridized carbons (Fsp3) is 0.696. The first-order chi connectivity index (χ1) is 11.9. The molecule has 0 fully saturated rings. The normalized spacial score (nSPS) is 8.14. The molecule has 2 nitrogen and oxygen atoms in total. The molecule has 0 atom stereocenters. The van der Waals surface area contributed by atoms with Crippen molar-refractivity contribution in [1.29, 1.82) is 0 Å². The van der Waals surface area contributed by atoms with Gasteiger partial charge in [-0.15, -0.1) is 49.0 Å². The van der Waals surface area contributed by atoms with E-state index in [4.69, 9.17) is 0 Å². The van der Waals surface area contributed by atoms with Crippen LogP contribution in [0.3, 0.4) is 0 Å². The van der Waals surface area contributed by atoms with Crippen LogP contribution in [0.25, 0.3) is 5.32 Å². The fourth-order valence-electron chi connectivity index (χ4n) is 2.52. The maximum atomic E-state index is 4.35. The van der Waals surface area contributed by atoms with Gasteiger partial charge < -0.3 is 24.1 Å². The Balaban J connectivity index is -0.0000000686. The summed E-state index contributed by atoms with van der Waals surface area (Å²) in [5.74, 6) is 0. The van der Waals surface area contributed by atoms with E-state index in [9.17, 15) is 0 Å². The van der Waals surface area contributed by atoms with Gasteiger partial charge in [-0.1, -0.05) is 72.9 Å². The first-order valence-electron chi connectivity index (χ1n) is 9.83. The quantitative estimate of drug-likeness (QED) is 0.223. The van der Waals surface area contributed by atoms with Gasteiger partial charge in [0.2, 0.25) is 0 Å². The smallest absolute Gasteiger partial charge is 0.662 e. The summed E-state index contributed by atoms with van der Waals surface area (Å²) < 4.78 is 0. The first-order valence-corrected chi connectivity index (χ1v) is 9.83. The van der Waals surface area contributed by atoms with Crippen molar-refractivity contribution in [3.8, 4) is 0 Å². The Bertz CT molecular complexity index is 374. The third kappa shape index (κ3) is 18.4. The molecule has 1 aromatic rings. The van der Waals surface area contributed by atoms with Crippen LogP contribution in [0.5, 0.6) is 0 Å². The molecule has 5 heteroatoms. The summed E-state index contributed by atoms with van der Waals surface area (Å²) >= 11 is 0. The summed E-state index contributed by atoms with van der Waals surface area (Å²) in [5, 5.41) is 4.35. The number of hydrogen-bond donors (Lipinski definition) is 0. The second kappa shape index (κ2) is 29.6. The van der Waals surface area contributed by atoms with Gasteiger partial charge in [-0.25, -0.2) is 0 Å². The molecular weight excluding hydrogens is 423 g/mol. The molecule has 1 rings (SSSR count). The van der Waals surface area contributed by atoms with Gasteiger partial charge in [-0.2, -0.15) is 25.0 Å². The average Bonchev–Trinajstić information content (AvgIpc) is 2.82. The van der Waals surface area contributed by atoms with Crippen LogP contribution in [0.1, 0.15) is 75.6 Å². The molecule has 0 amide bonds. The Kier molecular flexibility index (Phi) is 44.9. The van der Waals surface area contributed by atoms with E-state index in [1.165, 1.54) is 53.6 Å². The number of hydrogen-bond acceptors (Lipinski definition) is 1. The number of halogens is 2. The van der Waals surface area contributed by atoms with Gasteiger partial charge in [0, 0.05) is 0 Å². The molecule has 0 N–H and O–H groups in total. The number of unbranched alkanes of at least 4 members (excludes halogenated alkanes) is 2. The van der Waals surface area contributed by atoms with Crippen LogP contribution < -0.4 is 4.90 Å². The van der Waals surface area contributed by atoms with Crippen molar-refractivity contribution in [2.75, 3.05) is 32.1 Å². The minimum Gasteiger partial charge on any atom is -0.662 e. The van der Waals surface area contributed by atoms with E-state index in [1.807, 2.05) is 0 Å². The molecule has 0 bridgehead atoms. The van der Waals surface area contributed by atoms with Gasteiger partial charge in [-0.3, -0.25) is 0 Å². The molecule has 0 aromatic heterocycles. The zero-order valence-electron chi connectivity index (χ0n) is 20.4. The molecule has 28 heavy (non-hydrogen) atoms. The minimum absolute atomic E-state index is 0. The summed E-state index contributed by atoms with van der Waals surface area (Å²) in [6.45, 7) is 25.4. The Morgan fingerprint density at radius 1 is 0.750 bits per heavy atom. The van der Waals surface area contributed by atoms with E-state index in [0.717, 1.165) is 13.1 Å². The molecule has 0 heterocycles. The summed E-state index contributed by atoms with van der Waals surface area (Å²) in [7, 11) is 4.21. The molecule has 1 aromatic carbocycles. The molecule has 0 aliphatic carbocycles. The summed E-state index contributed by atoms with van der Waals surface area (Å²) in [4.78, 5) is 2.20. The Labute approximate surface area is 206 Å². The summed E-state index contributed by atoms with van der Waals surface area (Å²) in [5.41, 5.74) is 7.13. The van der Waals surface area contributed by atoms with Crippen LogP contribution in [0.4, 0.5) is 5.69 Å². The van der Waals surface area contributed by atoms with Gasteiger partial charge in [0.05, 0.1) is 0 Å². The van der Waals surface area contributed by atoms with Crippen LogP contribution >= 0.6 is 24.8 Å². The van der Waals surface area contributed by atoms with E-state index in [2.05, 4.69) is 79.7 Å². The van der Waals surface area contributed by atoms with E-state index in [0.29, 0.717) is 0 Å². The Morgan fingerprint density at radius 2 is 1.04 bits per heavy atom. The SMILES string of the molecule is CCCC[N-]CCCC.Cc1c(C)c(C)[c-](N(C)C)c1C.Cl.Cl.[CH2-]C.[CH2-]C.[Ti+4]. The molecule has 0 aliphatic rings. The van der Waals surface area contributed by atoms with Crippen LogP contribution in [0.2, 0.25) is 0 Å². The van der Waals surface area contributed by atoms with Crippen molar-refractivity contribution in [3.05, 3.63) is 41.4 Å². The van der Waals surface area contributed by atoms with E-state index >= 15 is 0 Å². The minimum atomic E-state index is 0. The van der Waals surface area contributed by atoms with E-state index in [-0.39, 0.29) is 46.5 Å². The number of rotatable bonds is 7. The van der Waals surface area contributed by atoms with Crippen molar-refractivity contribution in [2.45, 2.75) is 81.1 Å². The summed E-state index contributed by atoms with van der Waals surface area (Å²) in [6, 6.07) is 0.